The Bertz CT molecular complexity index is 507. The van der Waals surface area contributed by atoms with Crippen molar-refractivity contribution in [1.82, 2.24) is 5.32 Å². The van der Waals surface area contributed by atoms with E-state index in [0.29, 0.717) is 17.9 Å². The Morgan fingerprint density at radius 1 is 1.14 bits per heavy atom. The molecule has 0 saturated carbocycles. The first-order valence-corrected chi connectivity index (χ1v) is 7.11. The summed E-state index contributed by atoms with van der Waals surface area (Å²) >= 11 is 0. The van der Waals surface area contributed by atoms with Gasteiger partial charge in [0, 0.05) is 18.5 Å². The fourth-order valence-corrected chi connectivity index (χ4v) is 1.93. The molecule has 2 unspecified atom stereocenters. The van der Waals surface area contributed by atoms with Crippen LogP contribution in [0.25, 0.3) is 0 Å². The van der Waals surface area contributed by atoms with E-state index in [1.54, 1.807) is 34.1 Å². The highest BCUT2D eigenvalue weighted by Gasteiger charge is 2.20. The third-order valence-electron chi connectivity index (χ3n) is 3.58. The van der Waals surface area contributed by atoms with Gasteiger partial charge in [-0.2, -0.15) is 0 Å². The molecule has 0 spiro atoms. The lowest BCUT2D eigenvalue weighted by Gasteiger charge is -2.17. The first-order valence-electron chi connectivity index (χ1n) is 7.11. The number of nitrogens with one attached hydrogen (secondary N) is 1. The lowest BCUT2D eigenvalue weighted by Crippen LogP contribution is -2.40. The van der Waals surface area contributed by atoms with Crippen molar-refractivity contribution in [2.24, 2.45) is 5.92 Å². The van der Waals surface area contributed by atoms with Crippen LogP contribution in [-0.2, 0) is 16.0 Å². The molecule has 0 fully saturated rings. The number of aryl methyl sites for hydroxylation is 1. The number of hydrogen-bond acceptors (Lipinski definition) is 4. The Morgan fingerprint density at radius 3 is 2.14 bits per heavy atom. The number of carboxylic acids is 1. The van der Waals surface area contributed by atoms with Gasteiger partial charge in [0.05, 0.1) is 20.1 Å². The number of rotatable bonds is 8. The van der Waals surface area contributed by atoms with Crippen LogP contribution in [-0.4, -0.2) is 37.2 Å². The summed E-state index contributed by atoms with van der Waals surface area (Å²) in [6.07, 6.45) is 0.792. The van der Waals surface area contributed by atoms with Crippen LogP contribution in [0.15, 0.2) is 18.2 Å². The van der Waals surface area contributed by atoms with E-state index < -0.39 is 17.9 Å². The van der Waals surface area contributed by atoms with E-state index in [4.69, 9.17) is 14.6 Å². The minimum atomic E-state index is -0.926. The van der Waals surface area contributed by atoms with Crippen LogP contribution >= 0.6 is 0 Å². The lowest BCUT2D eigenvalue weighted by atomic mass is 10.0. The summed E-state index contributed by atoms with van der Waals surface area (Å²) in [5.74, 6) is -0.390. The Labute approximate surface area is 130 Å². The lowest BCUT2D eigenvalue weighted by molar-refractivity contribution is -0.142. The molecule has 0 heterocycles. The molecule has 0 aliphatic heterocycles. The van der Waals surface area contributed by atoms with Crippen molar-refractivity contribution in [2.75, 3.05) is 14.2 Å². The molecule has 0 aromatic heterocycles. The third kappa shape index (κ3) is 5.27. The van der Waals surface area contributed by atoms with Gasteiger partial charge in [0.25, 0.3) is 0 Å². The molecule has 0 aliphatic rings. The molecule has 0 bridgehead atoms. The van der Waals surface area contributed by atoms with Crippen LogP contribution in [0.5, 0.6) is 11.5 Å². The molecule has 0 aliphatic carbocycles. The third-order valence-corrected chi connectivity index (χ3v) is 3.58. The average molecular weight is 309 g/mol. The van der Waals surface area contributed by atoms with Gasteiger partial charge < -0.3 is 19.9 Å². The van der Waals surface area contributed by atoms with Gasteiger partial charge in [0.1, 0.15) is 11.5 Å². The fourth-order valence-electron chi connectivity index (χ4n) is 1.93. The molecule has 1 aromatic rings. The van der Waals surface area contributed by atoms with Crippen molar-refractivity contribution in [3.05, 3.63) is 23.8 Å². The van der Waals surface area contributed by atoms with E-state index in [1.165, 1.54) is 0 Å². The van der Waals surface area contributed by atoms with Crippen molar-refractivity contribution < 1.29 is 24.2 Å². The second kappa shape index (κ2) is 8.26. The zero-order valence-corrected chi connectivity index (χ0v) is 13.4. The van der Waals surface area contributed by atoms with Crippen molar-refractivity contribution in [1.29, 1.82) is 0 Å². The van der Waals surface area contributed by atoms with Crippen LogP contribution < -0.4 is 14.8 Å². The number of benzene rings is 1. The minimum Gasteiger partial charge on any atom is -0.497 e. The maximum Gasteiger partial charge on any atom is 0.308 e. The highest BCUT2D eigenvalue weighted by atomic mass is 16.5. The second-order valence-corrected chi connectivity index (χ2v) is 5.20. The van der Waals surface area contributed by atoms with E-state index >= 15 is 0 Å². The minimum absolute atomic E-state index is 0.178. The summed E-state index contributed by atoms with van der Waals surface area (Å²) in [5.41, 5.74) is 0.922. The first-order chi connectivity index (χ1) is 10.4. The smallest absolute Gasteiger partial charge is 0.308 e. The predicted octanol–water partition coefficient (Wildman–Crippen LogP) is 1.86. The number of carboxylic acid groups (broad SMARTS) is 1. The number of methoxy groups -OCH3 is 2. The molecule has 0 radical (unpaired) electrons. The number of amides is 1. The van der Waals surface area contributed by atoms with Gasteiger partial charge in [0.15, 0.2) is 0 Å². The summed E-state index contributed by atoms with van der Waals surface area (Å²) in [7, 11) is 3.14. The normalized spacial score (nSPS) is 13.1. The number of hydrogen-bond donors (Lipinski definition) is 2. The van der Waals surface area contributed by atoms with Gasteiger partial charge in [-0.05, 0) is 38.0 Å². The maximum atomic E-state index is 11.9. The van der Waals surface area contributed by atoms with Crippen molar-refractivity contribution in [3.63, 3.8) is 0 Å². The zero-order chi connectivity index (χ0) is 16.7. The molecule has 1 amide bonds. The molecule has 6 heteroatoms. The highest BCUT2D eigenvalue weighted by Crippen LogP contribution is 2.23. The standard InChI is InChI=1S/C16H23NO5/c1-10(16(19)20)11(2)17-15(18)6-5-12-7-13(21-3)9-14(8-12)22-4/h7-11H,5-6H2,1-4H3,(H,17,18)(H,19,20). The molecular formula is C16H23NO5. The topological polar surface area (TPSA) is 84.9 Å². The van der Waals surface area contributed by atoms with Crippen molar-refractivity contribution in [3.8, 4) is 11.5 Å². The summed E-state index contributed by atoms with van der Waals surface area (Å²) in [5, 5.41) is 11.6. The summed E-state index contributed by atoms with van der Waals surface area (Å²) < 4.78 is 10.4. The van der Waals surface area contributed by atoms with Gasteiger partial charge in [-0.1, -0.05) is 0 Å². The molecule has 122 valence electrons. The Kier molecular flexibility index (Phi) is 6.69. The molecule has 2 N–H and O–H groups in total. The summed E-state index contributed by atoms with van der Waals surface area (Å²) in [6, 6.07) is 5.04. The number of aliphatic carboxylic acids is 1. The Morgan fingerprint density at radius 2 is 1.68 bits per heavy atom. The number of carbonyl (C=O) groups excluding carboxylic acids is 1. The number of ether oxygens (including phenoxy) is 2. The molecule has 6 nitrogen and oxygen atoms in total. The fraction of sp³-hybridized carbons (Fsp3) is 0.500. The highest BCUT2D eigenvalue weighted by molar-refractivity contribution is 5.78. The van der Waals surface area contributed by atoms with E-state index in [1.807, 2.05) is 12.1 Å². The van der Waals surface area contributed by atoms with E-state index in [2.05, 4.69) is 5.32 Å². The molecular weight excluding hydrogens is 286 g/mol. The van der Waals surface area contributed by atoms with Crippen molar-refractivity contribution in [2.45, 2.75) is 32.7 Å². The summed E-state index contributed by atoms with van der Waals surface area (Å²) in [4.78, 5) is 22.8. The Hall–Kier alpha value is -2.24. The van der Waals surface area contributed by atoms with Crippen LogP contribution in [0.2, 0.25) is 0 Å². The van der Waals surface area contributed by atoms with Crippen LogP contribution in [0, 0.1) is 5.92 Å². The van der Waals surface area contributed by atoms with Gasteiger partial charge in [-0.15, -0.1) is 0 Å². The SMILES string of the molecule is COc1cc(CCC(=O)NC(C)C(C)C(=O)O)cc(OC)c1. The molecule has 1 aromatic carbocycles. The summed E-state index contributed by atoms with van der Waals surface area (Å²) in [6.45, 7) is 3.26. The largest absolute Gasteiger partial charge is 0.497 e. The number of carbonyl (C=O) groups is 2. The van der Waals surface area contributed by atoms with E-state index in [-0.39, 0.29) is 12.3 Å². The van der Waals surface area contributed by atoms with Crippen molar-refractivity contribution >= 4 is 11.9 Å². The first kappa shape index (κ1) is 17.8. The molecule has 2 atom stereocenters. The van der Waals surface area contributed by atoms with E-state index in [9.17, 15) is 9.59 Å². The van der Waals surface area contributed by atoms with Gasteiger partial charge in [-0.25, -0.2) is 0 Å². The molecule has 22 heavy (non-hydrogen) atoms. The second-order valence-electron chi connectivity index (χ2n) is 5.20. The van der Waals surface area contributed by atoms with Crippen LogP contribution in [0.1, 0.15) is 25.8 Å². The van der Waals surface area contributed by atoms with Gasteiger partial charge in [-0.3, -0.25) is 9.59 Å². The molecule has 0 saturated heterocycles. The maximum absolute atomic E-state index is 11.9. The molecule has 1 rings (SSSR count). The van der Waals surface area contributed by atoms with Gasteiger partial charge >= 0.3 is 5.97 Å². The monoisotopic (exact) mass is 309 g/mol. The predicted molar refractivity (Wildman–Crippen MR) is 82.3 cm³/mol. The Balaban J connectivity index is 2.59. The average Bonchev–Trinajstić information content (AvgIpc) is 2.51. The van der Waals surface area contributed by atoms with E-state index in [0.717, 1.165) is 5.56 Å². The van der Waals surface area contributed by atoms with Gasteiger partial charge in [0.2, 0.25) is 5.91 Å². The van der Waals surface area contributed by atoms with Crippen LogP contribution in [0.3, 0.4) is 0 Å². The van der Waals surface area contributed by atoms with Crippen LogP contribution in [0.4, 0.5) is 0 Å². The zero-order valence-electron chi connectivity index (χ0n) is 13.4. The quantitative estimate of drug-likeness (QED) is 0.765.